The van der Waals surface area contributed by atoms with Crippen LogP contribution >= 0.6 is 11.6 Å². The molecule has 0 aromatic rings. The molecule has 0 bridgehead atoms. The number of rotatable bonds is 2. The average Bonchev–Trinajstić information content (AvgIpc) is 1.35. The van der Waals surface area contributed by atoms with Crippen LogP contribution in [0.2, 0.25) is 0 Å². The Morgan fingerprint density at radius 1 is 2.00 bits per heavy atom. The van der Waals surface area contributed by atoms with E-state index >= 15 is 0 Å². The van der Waals surface area contributed by atoms with Gasteiger partial charge in [0.15, 0.2) is 0 Å². The molecule has 0 aromatic heterocycles. The fraction of sp³-hybridized carbons (Fsp3) is 1.00. The first-order chi connectivity index (χ1) is 2.77. The summed E-state index contributed by atoms with van der Waals surface area (Å²) in [5.74, 6) is 0. The maximum Gasteiger partial charge on any atom is 0.486 e. The van der Waals surface area contributed by atoms with Crippen LogP contribution in [0.3, 0.4) is 0 Å². The molecule has 1 N–H and O–H groups in total. The van der Waals surface area contributed by atoms with E-state index in [2.05, 4.69) is 4.65 Å². The van der Waals surface area contributed by atoms with Crippen LogP contribution in [0.15, 0.2) is 0 Å². The summed E-state index contributed by atoms with van der Waals surface area (Å²) < 4.78 is 4.24. The molecular weight excluding hydrogens is 102 g/mol. The SMILES string of the molecule is CC(Cl)O[B]O. The minimum absolute atomic E-state index is 0.435. The number of hydrogen-bond donors (Lipinski definition) is 1. The van der Waals surface area contributed by atoms with Crippen LogP contribution in [-0.4, -0.2) is 18.3 Å². The van der Waals surface area contributed by atoms with Gasteiger partial charge in [-0.25, -0.2) is 0 Å². The molecular formula is C2H5BClO2. The summed E-state index contributed by atoms with van der Waals surface area (Å²) in [5.41, 5.74) is -0.435. The van der Waals surface area contributed by atoms with Crippen molar-refractivity contribution in [2.24, 2.45) is 0 Å². The largest absolute Gasteiger partial charge is 0.486 e. The molecule has 0 aliphatic rings. The van der Waals surface area contributed by atoms with E-state index in [1.807, 2.05) is 0 Å². The normalized spacial score (nSPS) is 13.8. The Balaban J connectivity index is 2.63. The van der Waals surface area contributed by atoms with Crippen LogP contribution in [0.1, 0.15) is 6.92 Å². The van der Waals surface area contributed by atoms with Crippen molar-refractivity contribution >= 4 is 19.3 Å². The molecule has 0 amide bonds. The first-order valence-electron chi connectivity index (χ1n) is 1.53. The van der Waals surface area contributed by atoms with Gasteiger partial charge >= 0.3 is 7.69 Å². The molecule has 0 aromatic carbocycles. The van der Waals surface area contributed by atoms with Crippen molar-refractivity contribution < 1.29 is 9.68 Å². The van der Waals surface area contributed by atoms with E-state index in [9.17, 15) is 0 Å². The first kappa shape index (κ1) is 6.27. The maximum atomic E-state index is 7.80. The van der Waals surface area contributed by atoms with E-state index in [4.69, 9.17) is 16.6 Å². The first-order valence-corrected chi connectivity index (χ1v) is 1.96. The van der Waals surface area contributed by atoms with Crippen molar-refractivity contribution in [1.82, 2.24) is 0 Å². The monoisotopic (exact) mass is 107 g/mol. The quantitative estimate of drug-likeness (QED) is 0.401. The second-order valence-corrected chi connectivity index (χ2v) is 1.40. The van der Waals surface area contributed by atoms with Crippen molar-refractivity contribution in [3.63, 3.8) is 0 Å². The Morgan fingerprint density at radius 3 is 2.50 bits per heavy atom. The van der Waals surface area contributed by atoms with Crippen molar-refractivity contribution in [3.05, 3.63) is 0 Å². The van der Waals surface area contributed by atoms with Crippen LogP contribution in [-0.2, 0) is 4.65 Å². The molecule has 0 saturated carbocycles. The smallest absolute Gasteiger partial charge is 0.429 e. The highest BCUT2D eigenvalue weighted by Gasteiger charge is 1.91. The van der Waals surface area contributed by atoms with Crippen LogP contribution < -0.4 is 0 Å². The predicted molar refractivity (Wildman–Crippen MR) is 24.4 cm³/mol. The van der Waals surface area contributed by atoms with E-state index < -0.39 is 5.56 Å². The Hall–Kier alpha value is 0.275. The summed E-state index contributed by atoms with van der Waals surface area (Å²) >= 11 is 5.16. The van der Waals surface area contributed by atoms with Gasteiger partial charge in [-0.05, 0) is 6.92 Å². The minimum atomic E-state index is -0.435. The average molecular weight is 107 g/mol. The van der Waals surface area contributed by atoms with E-state index in [-0.39, 0.29) is 0 Å². The highest BCUT2D eigenvalue weighted by molar-refractivity contribution is 6.23. The fourth-order valence-electron chi connectivity index (χ4n) is 0.0839. The zero-order valence-electron chi connectivity index (χ0n) is 3.39. The number of hydrogen-bond acceptors (Lipinski definition) is 2. The maximum absolute atomic E-state index is 7.80. The molecule has 0 rings (SSSR count). The number of alkyl halides is 1. The summed E-state index contributed by atoms with van der Waals surface area (Å²) in [6.45, 7) is 1.61. The molecule has 1 radical (unpaired) electrons. The molecule has 4 heteroatoms. The summed E-state index contributed by atoms with van der Waals surface area (Å²) in [4.78, 5) is 0. The Bertz CT molecular complexity index is 32.7. The molecule has 35 valence electrons. The van der Waals surface area contributed by atoms with Gasteiger partial charge in [0.1, 0.15) is 5.56 Å². The molecule has 0 fully saturated rings. The van der Waals surface area contributed by atoms with Gasteiger partial charge in [0, 0.05) is 0 Å². The van der Waals surface area contributed by atoms with Gasteiger partial charge in [-0.15, -0.1) is 0 Å². The molecule has 0 aliphatic heterocycles. The lowest BCUT2D eigenvalue weighted by Crippen LogP contribution is -2.02. The molecule has 0 saturated heterocycles. The molecule has 1 unspecified atom stereocenters. The van der Waals surface area contributed by atoms with Gasteiger partial charge in [-0.2, -0.15) is 0 Å². The summed E-state index contributed by atoms with van der Waals surface area (Å²) in [5, 5.41) is 7.80. The predicted octanol–water partition coefficient (Wildman–Crippen LogP) is 0.114. The van der Waals surface area contributed by atoms with Crippen LogP contribution in [0.25, 0.3) is 0 Å². The highest BCUT2D eigenvalue weighted by atomic mass is 35.5. The minimum Gasteiger partial charge on any atom is -0.429 e. The third kappa shape index (κ3) is 4.27. The number of halogens is 1. The molecule has 0 spiro atoms. The third-order valence-electron chi connectivity index (χ3n) is 0.248. The van der Waals surface area contributed by atoms with Crippen molar-refractivity contribution in [2.75, 3.05) is 0 Å². The van der Waals surface area contributed by atoms with E-state index in [0.29, 0.717) is 7.69 Å². The van der Waals surface area contributed by atoms with Crippen LogP contribution in [0.5, 0.6) is 0 Å². The lowest BCUT2D eigenvalue weighted by molar-refractivity contribution is 0.270. The lowest BCUT2D eigenvalue weighted by Gasteiger charge is -1.95. The summed E-state index contributed by atoms with van der Waals surface area (Å²) in [6, 6.07) is 0. The molecule has 0 aliphatic carbocycles. The van der Waals surface area contributed by atoms with Crippen LogP contribution in [0, 0.1) is 0 Å². The summed E-state index contributed by atoms with van der Waals surface area (Å²) in [6.07, 6.45) is 0. The van der Waals surface area contributed by atoms with Gasteiger partial charge in [-0.3, -0.25) is 0 Å². The molecule has 1 atom stereocenters. The molecule has 0 heterocycles. The topological polar surface area (TPSA) is 29.5 Å². The van der Waals surface area contributed by atoms with Gasteiger partial charge < -0.3 is 9.68 Å². The summed E-state index contributed by atoms with van der Waals surface area (Å²) in [7, 11) is 0.567. The second kappa shape index (κ2) is 3.46. The Kier molecular flexibility index (Phi) is 3.62. The van der Waals surface area contributed by atoms with E-state index in [1.54, 1.807) is 6.92 Å². The van der Waals surface area contributed by atoms with E-state index in [0.717, 1.165) is 0 Å². The molecule has 2 nitrogen and oxygen atoms in total. The van der Waals surface area contributed by atoms with Crippen LogP contribution in [0.4, 0.5) is 0 Å². The fourth-order valence-corrected chi connectivity index (χ4v) is 0.130. The lowest BCUT2D eigenvalue weighted by atomic mass is 10.4. The van der Waals surface area contributed by atoms with Gasteiger partial charge in [0.2, 0.25) is 0 Å². The van der Waals surface area contributed by atoms with Gasteiger partial charge in [0.05, 0.1) is 0 Å². The highest BCUT2D eigenvalue weighted by Crippen LogP contribution is 1.90. The second-order valence-electron chi connectivity index (χ2n) is 0.784. The van der Waals surface area contributed by atoms with Gasteiger partial charge in [-0.1, -0.05) is 11.6 Å². The van der Waals surface area contributed by atoms with Crippen molar-refractivity contribution in [3.8, 4) is 0 Å². The van der Waals surface area contributed by atoms with Crippen molar-refractivity contribution in [1.29, 1.82) is 0 Å². The zero-order chi connectivity index (χ0) is 4.99. The third-order valence-corrected chi connectivity index (χ3v) is 0.351. The standard InChI is InChI=1S/C2H5BClO2/c1-2(4)6-3-5/h2,5H,1H3. The Labute approximate surface area is 42.4 Å². The molecule has 6 heavy (non-hydrogen) atoms. The van der Waals surface area contributed by atoms with E-state index in [1.165, 1.54) is 0 Å². The van der Waals surface area contributed by atoms with Gasteiger partial charge in [0.25, 0.3) is 0 Å². The van der Waals surface area contributed by atoms with Crippen molar-refractivity contribution in [2.45, 2.75) is 12.5 Å². The Morgan fingerprint density at radius 2 is 2.50 bits per heavy atom. The zero-order valence-corrected chi connectivity index (χ0v) is 4.14.